The van der Waals surface area contributed by atoms with E-state index < -0.39 is 10.0 Å². The predicted octanol–water partition coefficient (Wildman–Crippen LogP) is 3.55. The van der Waals surface area contributed by atoms with Crippen molar-refractivity contribution in [3.05, 3.63) is 30.7 Å². The van der Waals surface area contributed by atoms with Crippen LogP contribution in [0.5, 0.6) is 0 Å². The maximum atomic E-state index is 13.2. The summed E-state index contributed by atoms with van der Waals surface area (Å²) in [4.78, 5) is 8.99. The minimum Gasteiger partial charge on any atom is -0.245 e. The summed E-state index contributed by atoms with van der Waals surface area (Å²) >= 11 is 1.31. The first kappa shape index (κ1) is 16.2. The number of hydrogen-bond donors (Lipinski definition) is 0. The zero-order valence-corrected chi connectivity index (χ0v) is 15.1. The van der Waals surface area contributed by atoms with Crippen LogP contribution in [0.15, 0.2) is 34.9 Å². The summed E-state index contributed by atoms with van der Waals surface area (Å²) in [6.07, 6.45) is 9.88. The van der Waals surface area contributed by atoms with Crippen LogP contribution in [0.3, 0.4) is 0 Å². The normalized spacial score (nSPS) is 25.3. The summed E-state index contributed by atoms with van der Waals surface area (Å²) in [5.74, 6) is 0.545. The van der Waals surface area contributed by atoms with Gasteiger partial charge >= 0.3 is 0 Å². The summed E-state index contributed by atoms with van der Waals surface area (Å²) in [5.41, 5.74) is 0.769. The summed E-state index contributed by atoms with van der Waals surface area (Å²) < 4.78 is 28.6. The van der Waals surface area contributed by atoms with Gasteiger partial charge in [0.25, 0.3) is 10.0 Å². The molecule has 0 aromatic carbocycles. The molecule has 1 saturated carbocycles. The van der Waals surface area contributed by atoms with Gasteiger partial charge in [0, 0.05) is 18.8 Å². The summed E-state index contributed by atoms with van der Waals surface area (Å²) in [5, 5.41) is 0. The molecule has 7 heteroatoms. The van der Waals surface area contributed by atoms with Crippen molar-refractivity contribution < 1.29 is 8.42 Å². The summed E-state index contributed by atoms with van der Waals surface area (Å²) in [7, 11) is -3.41. The number of nitrogens with zero attached hydrogens (tertiary/aromatic N) is 3. The number of hydrogen-bond acceptors (Lipinski definition) is 5. The SMILES string of the molecule is O=S(=O)(c1ccc(-c2ccncn2)s1)N1CCCC2CCCCC21. The Bertz CT molecular complexity index is 802. The quantitative estimate of drug-likeness (QED) is 0.837. The van der Waals surface area contributed by atoms with Crippen LogP contribution in [0, 0.1) is 5.92 Å². The molecule has 0 bridgehead atoms. The van der Waals surface area contributed by atoms with Crippen LogP contribution in [-0.4, -0.2) is 35.3 Å². The van der Waals surface area contributed by atoms with Crippen LogP contribution in [0.25, 0.3) is 10.6 Å². The second-order valence-corrected chi connectivity index (χ2v) is 9.78. The van der Waals surface area contributed by atoms with Crippen molar-refractivity contribution >= 4 is 21.4 Å². The molecule has 0 amide bonds. The average Bonchev–Trinajstić information content (AvgIpc) is 3.13. The molecule has 2 aliphatic rings. The number of rotatable bonds is 3. The molecule has 1 aliphatic carbocycles. The fourth-order valence-corrected chi connectivity index (χ4v) is 7.19. The van der Waals surface area contributed by atoms with Gasteiger partial charge in [0.05, 0.1) is 10.6 Å². The van der Waals surface area contributed by atoms with Crippen molar-refractivity contribution in [1.29, 1.82) is 0 Å². The molecule has 2 fully saturated rings. The van der Waals surface area contributed by atoms with Crippen LogP contribution >= 0.6 is 11.3 Å². The fourth-order valence-electron chi connectivity index (χ4n) is 4.03. The Balaban J connectivity index is 1.64. The van der Waals surface area contributed by atoms with Crippen LogP contribution in [-0.2, 0) is 10.0 Å². The maximum absolute atomic E-state index is 13.2. The first-order chi connectivity index (χ1) is 11.7. The monoisotopic (exact) mass is 363 g/mol. The van der Waals surface area contributed by atoms with Gasteiger partial charge in [-0.15, -0.1) is 11.3 Å². The molecule has 128 valence electrons. The molecule has 2 aromatic rings. The largest absolute Gasteiger partial charge is 0.252 e. The maximum Gasteiger partial charge on any atom is 0.252 e. The van der Waals surface area contributed by atoms with Crippen molar-refractivity contribution in [3.63, 3.8) is 0 Å². The highest BCUT2D eigenvalue weighted by Gasteiger charge is 2.40. The third kappa shape index (κ3) is 2.89. The summed E-state index contributed by atoms with van der Waals surface area (Å²) in [6, 6.07) is 5.58. The molecule has 1 saturated heterocycles. The molecular weight excluding hydrogens is 342 g/mol. The van der Waals surface area contributed by atoms with E-state index in [1.54, 1.807) is 22.6 Å². The number of fused-ring (bicyclic) bond motifs is 1. The third-order valence-corrected chi connectivity index (χ3v) is 8.67. The molecule has 5 nitrogen and oxygen atoms in total. The highest BCUT2D eigenvalue weighted by Crippen LogP contribution is 2.39. The van der Waals surface area contributed by atoms with Crippen molar-refractivity contribution in [1.82, 2.24) is 14.3 Å². The molecule has 24 heavy (non-hydrogen) atoms. The second kappa shape index (κ2) is 6.54. The highest BCUT2D eigenvalue weighted by molar-refractivity contribution is 7.91. The van der Waals surface area contributed by atoms with Crippen LogP contribution in [0.2, 0.25) is 0 Å². The van der Waals surface area contributed by atoms with E-state index in [4.69, 9.17) is 0 Å². The topological polar surface area (TPSA) is 63.2 Å². The molecule has 0 N–H and O–H groups in total. The lowest BCUT2D eigenvalue weighted by atomic mass is 9.79. The highest BCUT2D eigenvalue weighted by atomic mass is 32.2. The van der Waals surface area contributed by atoms with Gasteiger partial charge in [-0.3, -0.25) is 0 Å². The lowest BCUT2D eigenvalue weighted by molar-refractivity contribution is 0.129. The zero-order chi connectivity index (χ0) is 16.6. The van der Waals surface area contributed by atoms with E-state index in [1.165, 1.54) is 36.9 Å². The molecule has 2 atom stereocenters. The van der Waals surface area contributed by atoms with Gasteiger partial charge in [0.2, 0.25) is 0 Å². The standard InChI is InChI=1S/C17H21N3O2S2/c21-24(22,20-11-3-5-13-4-1-2-6-15(13)20)17-8-7-16(23-17)14-9-10-18-12-19-14/h7-10,12-13,15H,1-6,11H2. The number of sulfonamides is 1. The van der Waals surface area contributed by atoms with Crippen molar-refractivity contribution in [2.45, 2.75) is 48.8 Å². The Kier molecular flexibility index (Phi) is 4.40. The molecule has 1 aliphatic heterocycles. The van der Waals surface area contributed by atoms with Crippen molar-refractivity contribution in [2.24, 2.45) is 5.92 Å². The lowest BCUT2D eigenvalue weighted by Gasteiger charge is -2.42. The first-order valence-electron chi connectivity index (χ1n) is 8.54. The summed E-state index contributed by atoms with van der Waals surface area (Å²) in [6.45, 7) is 0.657. The van der Waals surface area contributed by atoms with Gasteiger partial charge in [-0.05, 0) is 49.8 Å². The van der Waals surface area contributed by atoms with Gasteiger partial charge in [-0.25, -0.2) is 18.4 Å². The van der Waals surface area contributed by atoms with Gasteiger partial charge in [0.1, 0.15) is 10.5 Å². The van der Waals surface area contributed by atoms with Crippen LogP contribution < -0.4 is 0 Å². The van der Waals surface area contributed by atoms with Crippen LogP contribution in [0.1, 0.15) is 38.5 Å². The number of piperidine rings is 1. The van der Waals surface area contributed by atoms with E-state index in [9.17, 15) is 8.42 Å². The molecule has 4 rings (SSSR count). The average molecular weight is 364 g/mol. The molecule has 2 unspecified atom stereocenters. The van der Waals surface area contributed by atoms with E-state index in [-0.39, 0.29) is 6.04 Å². The molecule has 3 heterocycles. The van der Waals surface area contributed by atoms with Gasteiger partial charge in [-0.1, -0.05) is 12.8 Å². The minimum atomic E-state index is -3.41. The smallest absolute Gasteiger partial charge is 0.245 e. The lowest BCUT2D eigenvalue weighted by Crippen LogP contribution is -2.49. The third-order valence-electron chi connectivity index (χ3n) is 5.17. The molecular formula is C17H21N3O2S2. The van der Waals surface area contributed by atoms with Crippen molar-refractivity contribution in [3.8, 4) is 10.6 Å². The van der Waals surface area contributed by atoms with Gasteiger partial charge in [-0.2, -0.15) is 4.31 Å². The molecule has 0 radical (unpaired) electrons. The van der Waals surface area contributed by atoms with E-state index in [2.05, 4.69) is 9.97 Å². The van der Waals surface area contributed by atoms with Crippen LogP contribution in [0.4, 0.5) is 0 Å². The van der Waals surface area contributed by atoms with E-state index in [1.807, 2.05) is 6.07 Å². The van der Waals surface area contributed by atoms with Crippen molar-refractivity contribution in [2.75, 3.05) is 6.54 Å². The Hall–Kier alpha value is -1.31. The van der Waals surface area contributed by atoms with E-state index in [0.717, 1.165) is 29.8 Å². The fraction of sp³-hybridized carbons (Fsp3) is 0.529. The zero-order valence-electron chi connectivity index (χ0n) is 13.5. The van der Waals surface area contributed by atoms with E-state index >= 15 is 0 Å². The Morgan fingerprint density at radius 3 is 2.75 bits per heavy atom. The van der Waals surface area contributed by atoms with Gasteiger partial charge < -0.3 is 0 Å². The minimum absolute atomic E-state index is 0.196. The van der Waals surface area contributed by atoms with Gasteiger partial charge in [0.15, 0.2) is 0 Å². The number of aromatic nitrogens is 2. The Labute approximate surface area is 146 Å². The second-order valence-electron chi connectivity index (χ2n) is 6.58. The molecule has 0 spiro atoms. The first-order valence-corrected chi connectivity index (χ1v) is 10.8. The van der Waals surface area contributed by atoms with E-state index in [0.29, 0.717) is 16.7 Å². The molecule has 2 aromatic heterocycles. The predicted molar refractivity (Wildman–Crippen MR) is 94.2 cm³/mol. The Morgan fingerprint density at radius 1 is 1.08 bits per heavy atom. The number of thiophene rings is 1. The Morgan fingerprint density at radius 2 is 1.92 bits per heavy atom.